The summed E-state index contributed by atoms with van der Waals surface area (Å²) in [6, 6.07) is 4.52. The fourth-order valence-electron chi connectivity index (χ4n) is 7.92. The lowest BCUT2D eigenvalue weighted by Gasteiger charge is -2.45. The van der Waals surface area contributed by atoms with Crippen LogP contribution in [-0.2, 0) is 30.3 Å². The molecule has 0 bridgehead atoms. The summed E-state index contributed by atoms with van der Waals surface area (Å²) in [5, 5.41) is 150. The lowest BCUT2D eigenvalue weighted by Crippen LogP contribution is -2.59. The second-order valence-electron chi connectivity index (χ2n) is 15.0. The van der Waals surface area contributed by atoms with Crippen molar-refractivity contribution in [2.45, 2.75) is 44.4 Å². The maximum Gasteiger partial charge on any atom is 0.340 e. The van der Waals surface area contributed by atoms with Crippen molar-refractivity contribution in [3.63, 3.8) is 0 Å². The maximum atomic E-state index is 14.6. The Morgan fingerprint density at radius 1 is 0.569 bits per heavy atom. The molecule has 3 aliphatic heterocycles. The SMILES string of the molecule is Cc1c(O)cc(C(=O)OC2OC3CCOOc4cc(O)c(O)c(O)c4-c4c(cc(O)c(O)c4O)CC3C3OC(=O)c4cc(O)c(O)c(O)c4-c4c(cc(O)c(O)c4O)C(=O)OC23)cc1O. The molecule has 14 N–H and O–H groups in total. The molecular weight excluding hydrogens is 872 g/mol. The van der Waals surface area contributed by atoms with Gasteiger partial charge < -0.3 is 95.3 Å². The quantitative estimate of drug-likeness (QED) is 0.0522. The molecule has 0 amide bonds. The van der Waals surface area contributed by atoms with Gasteiger partial charge in [-0.3, -0.25) is 0 Å². The van der Waals surface area contributed by atoms with Gasteiger partial charge in [0.2, 0.25) is 35.4 Å². The van der Waals surface area contributed by atoms with Crippen LogP contribution in [0, 0.1) is 12.8 Å². The molecule has 0 spiro atoms. The Balaban J connectivity index is 1.37. The lowest BCUT2D eigenvalue weighted by molar-refractivity contribution is -0.276. The summed E-state index contributed by atoms with van der Waals surface area (Å²) >= 11 is 0. The van der Waals surface area contributed by atoms with Gasteiger partial charge >= 0.3 is 17.9 Å². The summed E-state index contributed by atoms with van der Waals surface area (Å²) in [4.78, 5) is 53.5. The predicted molar refractivity (Wildman–Crippen MR) is 209 cm³/mol. The van der Waals surface area contributed by atoms with Crippen LogP contribution < -0.4 is 4.89 Å². The van der Waals surface area contributed by atoms with Gasteiger partial charge in [-0.1, -0.05) is 0 Å². The van der Waals surface area contributed by atoms with Crippen LogP contribution >= 0.6 is 0 Å². The van der Waals surface area contributed by atoms with Crippen molar-refractivity contribution < 1.29 is 115 Å². The topological polar surface area (TPSA) is 390 Å². The van der Waals surface area contributed by atoms with Crippen LogP contribution in [0.5, 0.6) is 86.2 Å². The number of carbonyl (C=O) groups is 3. The van der Waals surface area contributed by atoms with Gasteiger partial charge in [0.15, 0.2) is 57.8 Å². The van der Waals surface area contributed by atoms with E-state index in [-0.39, 0.29) is 17.5 Å². The zero-order chi connectivity index (χ0) is 47.1. The summed E-state index contributed by atoms with van der Waals surface area (Å²) in [6.45, 7) is 0.791. The monoisotopic (exact) mass is 906 g/mol. The minimum absolute atomic E-state index is 0.0281. The van der Waals surface area contributed by atoms with Crippen molar-refractivity contribution in [3.8, 4) is 108 Å². The van der Waals surface area contributed by atoms with Crippen LogP contribution in [0.25, 0.3) is 22.3 Å². The van der Waals surface area contributed by atoms with Gasteiger partial charge in [-0.25, -0.2) is 14.4 Å². The number of benzene rings is 5. The molecule has 340 valence electrons. The van der Waals surface area contributed by atoms with Crippen LogP contribution in [-0.4, -0.2) is 121 Å². The Kier molecular flexibility index (Phi) is 10.4. The summed E-state index contributed by atoms with van der Waals surface area (Å²) in [6.07, 6.45) is -8.90. The number of aromatic hydroxyl groups is 14. The van der Waals surface area contributed by atoms with Crippen LogP contribution in [0.1, 0.15) is 48.6 Å². The Morgan fingerprint density at radius 2 is 1.05 bits per heavy atom. The molecule has 3 heterocycles. The number of esters is 3. The second kappa shape index (κ2) is 15.7. The number of phenolic OH excluding ortho intramolecular Hbond substituents is 14. The van der Waals surface area contributed by atoms with Gasteiger partial charge in [0, 0.05) is 40.7 Å². The lowest BCUT2D eigenvalue weighted by atomic mass is 9.80. The van der Waals surface area contributed by atoms with E-state index in [1.807, 2.05) is 0 Å². The normalized spacial score (nSPS) is 20.4. The molecule has 0 aromatic heterocycles. The summed E-state index contributed by atoms with van der Waals surface area (Å²) < 4.78 is 23.7. The van der Waals surface area contributed by atoms with Crippen molar-refractivity contribution in [2.75, 3.05) is 6.61 Å². The first-order valence-electron chi connectivity index (χ1n) is 18.9. The Hall–Kier alpha value is -8.57. The molecule has 5 aromatic rings. The Morgan fingerprint density at radius 3 is 1.60 bits per heavy atom. The van der Waals surface area contributed by atoms with E-state index in [2.05, 4.69) is 0 Å². The highest BCUT2D eigenvalue weighted by atomic mass is 17.2. The fraction of sp³-hybridized carbons (Fsp3) is 0.214. The molecule has 1 fully saturated rings. The highest BCUT2D eigenvalue weighted by molar-refractivity contribution is 6.08. The average Bonchev–Trinajstić information content (AvgIpc) is 3.28. The predicted octanol–water partition coefficient (Wildman–Crippen LogP) is 3.43. The maximum absolute atomic E-state index is 14.6. The number of carbonyl (C=O) groups excluding carboxylic acids is 3. The Bertz CT molecular complexity index is 2850. The van der Waals surface area contributed by atoms with Crippen LogP contribution in [0.3, 0.4) is 0 Å². The van der Waals surface area contributed by atoms with Crippen LogP contribution in [0.2, 0.25) is 0 Å². The molecule has 23 heteroatoms. The number of hydrogen-bond donors (Lipinski definition) is 14. The van der Waals surface area contributed by atoms with E-state index in [9.17, 15) is 85.9 Å². The van der Waals surface area contributed by atoms with E-state index >= 15 is 0 Å². The van der Waals surface area contributed by atoms with E-state index < -0.39 is 187 Å². The molecule has 1 saturated heterocycles. The molecular formula is C42H34O23. The number of phenols is 14. The summed E-state index contributed by atoms with van der Waals surface area (Å²) in [5.74, 6) is -21.9. The van der Waals surface area contributed by atoms with E-state index in [0.29, 0.717) is 12.1 Å². The van der Waals surface area contributed by atoms with Crippen LogP contribution in [0.4, 0.5) is 0 Å². The number of rotatable bonds is 2. The summed E-state index contributed by atoms with van der Waals surface area (Å²) in [7, 11) is 0. The third kappa shape index (κ3) is 6.99. The molecule has 23 nitrogen and oxygen atoms in total. The van der Waals surface area contributed by atoms with E-state index in [1.165, 1.54) is 6.92 Å². The van der Waals surface area contributed by atoms with Gasteiger partial charge in [0.25, 0.3) is 0 Å². The molecule has 3 aliphatic rings. The molecule has 5 aromatic carbocycles. The molecule has 0 saturated carbocycles. The van der Waals surface area contributed by atoms with Crippen LogP contribution in [0.15, 0.2) is 36.4 Å². The molecule has 0 radical (unpaired) electrons. The van der Waals surface area contributed by atoms with Gasteiger partial charge in [-0.2, -0.15) is 4.89 Å². The van der Waals surface area contributed by atoms with Crippen molar-refractivity contribution in [1.29, 1.82) is 0 Å². The molecule has 65 heavy (non-hydrogen) atoms. The first kappa shape index (κ1) is 43.1. The minimum Gasteiger partial charge on any atom is -0.508 e. The zero-order valence-electron chi connectivity index (χ0n) is 32.9. The third-order valence-electron chi connectivity index (χ3n) is 11.2. The van der Waals surface area contributed by atoms with Gasteiger partial charge in [-0.15, -0.1) is 0 Å². The molecule has 0 aliphatic carbocycles. The highest BCUT2D eigenvalue weighted by Crippen LogP contribution is 2.57. The first-order valence-corrected chi connectivity index (χ1v) is 18.9. The Labute approximate surface area is 361 Å². The molecule has 5 unspecified atom stereocenters. The smallest absolute Gasteiger partial charge is 0.340 e. The van der Waals surface area contributed by atoms with Crippen molar-refractivity contribution in [1.82, 2.24) is 0 Å². The van der Waals surface area contributed by atoms with Gasteiger partial charge in [-0.05, 0) is 49.2 Å². The zero-order valence-corrected chi connectivity index (χ0v) is 32.9. The van der Waals surface area contributed by atoms with E-state index in [4.69, 9.17) is 28.7 Å². The van der Waals surface area contributed by atoms with Gasteiger partial charge in [0.1, 0.15) is 11.5 Å². The largest absolute Gasteiger partial charge is 0.508 e. The summed E-state index contributed by atoms with van der Waals surface area (Å²) in [5.41, 5.74) is -5.82. The fourth-order valence-corrected chi connectivity index (χ4v) is 7.92. The van der Waals surface area contributed by atoms with E-state index in [0.717, 1.165) is 24.3 Å². The standard InChI is InChI=1S/C42H34O23/c1-11-17(43)6-13(7-18(11)44)39(57)64-42-38-37(62-40(58)15-8-20(46)30(50)34(54)26(15)27-16(41(59)63-38)9-21(47)31(51)35(27)55)14-4-12-5-19(45)29(49)33(53)25(12)28-24(10-22(48)32(52)36(28)56)65-60-3-2-23(14)61-42/h5-10,14,23,37-38,42-56H,2-4H2,1H3. The molecule has 8 rings (SSSR count). The van der Waals surface area contributed by atoms with Gasteiger partial charge in [0.05, 0.1) is 35.0 Å². The number of hydrogen-bond acceptors (Lipinski definition) is 23. The molecule has 5 atom stereocenters. The average molecular weight is 907 g/mol. The second-order valence-corrected chi connectivity index (χ2v) is 15.0. The number of fused-ring (bicyclic) bond motifs is 9. The third-order valence-corrected chi connectivity index (χ3v) is 11.2. The minimum atomic E-state index is -2.19. The van der Waals surface area contributed by atoms with Crippen molar-refractivity contribution in [2.24, 2.45) is 5.92 Å². The highest BCUT2D eigenvalue weighted by Gasteiger charge is 2.53. The van der Waals surface area contributed by atoms with E-state index in [1.54, 1.807) is 0 Å². The first-order chi connectivity index (χ1) is 30.7. The van der Waals surface area contributed by atoms with Crippen molar-refractivity contribution >= 4 is 17.9 Å². The number of ether oxygens (including phenoxy) is 4. The van der Waals surface area contributed by atoms with Crippen molar-refractivity contribution in [3.05, 3.63) is 64.2 Å².